The van der Waals surface area contributed by atoms with Crippen LogP contribution in [-0.2, 0) is 0 Å². The van der Waals surface area contributed by atoms with Crippen molar-refractivity contribution in [3.05, 3.63) is 58.3 Å². The molecule has 1 aromatic heterocycles. The number of hydrogen-bond acceptors (Lipinski definition) is 3. The summed E-state index contributed by atoms with van der Waals surface area (Å²) in [6, 6.07) is 9.59. The maximum atomic E-state index is 12.2. The van der Waals surface area contributed by atoms with Crippen LogP contribution >= 0.6 is 15.9 Å². The normalized spacial score (nSPS) is 10.2. The molecule has 2 aromatic rings. The summed E-state index contributed by atoms with van der Waals surface area (Å²) in [7, 11) is 1.75. The summed E-state index contributed by atoms with van der Waals surface area (Å²) >= 11 is 3.31. The first-order valence-electron chi connectivity index (χ1n) is 6.62. The first-order valence-corrected chi connectivity index (χ1v) is 7.41. The van der Waals surface area contributed by atoms with Crippen molar-refractivity contribution in [2.45, 2.75) is 6.92 Å². The van der Waals surface area contributed by atoms with Crippen LogP contribution in [0.3, 0.4) is 0 Å². The van der Waals surface area contributed by atoms with E-state index in [0.29, 0.717) is 18.7 Å². The molecule has 1 aromatic carbocycles. The SMILES string of the molecule is Cc1ccccc1OCCN(C)C(=O)c1cncc(Br)c1. The number of pyridine rings is 1. The number of rotatable bonds is 5. The van der Waals surface area contributed by atoms with Gasteiger partial charge in [0.1, 0.15) is 12.4 Å². The summed E-state index contributed by atoms with van der Waals surface area (Å²) in [5, 5.41) is 0. The number of carbonyl (C=O) groups excluding carboxylic acids is 1. The van der Waals surface area contributed by atoms with Gasteiger partial charge in [0.05, 0.1) is 12.1 Å². The number of likely N-dealkylation sites (N-methyl/N-ethyl adjacent to an activating group) is 1. The van der Waals surface area contributed by atoms with E-state index < -0.39 is 0 Å². The maximum Gasteiger partial charge on any atom is 0.255 e. The highest BCUT2D eigenvalue weighted by Crippen LogP contribution is 2.16. The van der Waals surface area contributed by atoms with Crippen molar-refractivity contribution in [1.29, 1.82) is 0 Å². The summed E-state index contributed by atoms with van der Waals surface area (Å²) in [5.74, 6) is 0.777. The van der Waals surface area contributed by atoms with Gasteiger partial charge < -0.3 is 9.64 Å². The molecule has 5 heteroatoms. The Labute approximate surface area is 132 Å². The highest BCUT2D eigenvalue weighted by Gasteiger charge is 2.12. The lowest BCUT2D eigenvalue weighted by molar-refractivity contribution is 0.0773. The smallest absolute Gasteiger partial charge is 0.255 e. The molecule has 0 bridgehead atoms. The Morgan fingerprint density at radius 2 is 2.10 bits per heavy atom. The van der Waals surface area contributed by atoms with E-state index in [-0.39, 0.29) is 5.91 Å². The number of halogens is 1. The Bertz CT molecular complexity index is 631. The fourth-order valence-electron chi connectivity index (χ4n) is 1.86. The molecule has 0 fully saturated rings. The van der Waals surface area contributed by atoms with E-state index in [0.717, 1.165) is 15.8 Å². The molecule has 0 unspecified atom stereocenters. The van der Waals surface area contributed by atoms with Crippen LogP contribution in [0.5, 0.6) is 5.75 Å². The zero-order valence-corrected chi connectivity index (χ0v) is 13.6. The topological polar surface area (TPSA) is 42.4 Å². The molecule has 1 amide bonds. The van der Waals surface area contributed by atoms with Crippen molar-refractivity contribution in [2.24, 2.45) is 0 Å². The second-order valence-corrected chi connectivity index (χ2v) is 5.65. The summed E-state index contributed by atoms with van der Waals surface area (Å²) in [6.45, 7) is 2.96. The predicted octanol–water partition coefficient (Wildman–Crippen LogP) is 3.30. The number of nitrogens with zero attached hydrogens (tertiary/aromatic N) is 2. The van der Waals surface area contributed by atoms with Gasteiger partial charge >= 0.3 is 0 Å². The number of para-hydroxylation sites is 1. The van der Waals surface area contributed by atoms with Crippen LogP contribution in [0, 0.1) is 6.92 Å². The minimum Gasteiger partial charge on any atom is -0.491 e. The predicted molar refractivity (Wildman–Crippen MR) is 85.6 cm³/mol. The zero-order chi connectivity index (χ0) is 15.2. The molecule has 0 saturated carbocycles. The lowest BCUT2D eigenvalue weighted by Gasteiger charge is -2.18. The first-order chi connectivity index (χ1) is 10.1. The first kappa shape index (κ1) is 15.5. The Kier molecular flexibility index (Phi) is 5.33. The Morgan fingerprint density at radius 3 is 2.81 bits per heavy atom. The van der Waals surface area contributed by atoms with Crippen molar-refractivity contribution in [3.8, 4) is 5.75 Å². The molecule has 0 aliphatic heterocycles. The molecule has 0 radical (unpaired) electrons. The summed E-state index contributed by atoms with van der Waals surface area (Å²) in [6.07, 6.45) is 3.21. The number of aromatic nitrogens is 1. The van der Waals surface area contributed by atoms with Crippen molar-refractivity contribution in [1.82, 2.24) is 9.88 Å². The molecular weight excluding hydrogens is 332 g/mol. The van der Waals surface area contributed by atoms with Crippen LogP contribution in [0.4, 0.5) is 0 Å². The van der Waals surface area contributed by atoms with Crippen LogP contribution in [0.1, 0.15) is 15.9 Å². The van der Waals surface area contributed by atoms with E-state index in [9.17, 15) is 4.79 Å². The number of carbonyl (C=O) groups is 1. The standard InChI is InChI=1S/C16H17BrN2O2/c1-12-5-3-4-6-15(12)21-8-7-19(2)16(20)13-9-14(17)11-18-10-13/h3-6,9-11H,7-8H2,1-2H3. The van der Waals surface area contributed by atoms with Gasteiger partial charge in [0.2, 0.25) is 0 Å². The molecule has 0 spiro atoms. The third kappa shape index (κ3) is 4.29. The molecule has 110 valence electrons. The monoisotopic (exact) mass is 348 g/mol. The highest BCUT2D eigenvalue weighted by atomic mass is 79.9. The molecule has 0 saturated heterocycles. The molecule has 0 aliphatic carbocycles. The fourth-order valence-corrected chi connectivity index (χ4v) is 2.23. The number of aryl methyl sites for hydroxylation is 1. The number of ether oxygens (including phenoxy) is 1. The van der Waals surface area contributed by atoms with Gasteiger partial charge in [0.25, 0.3) is 5.91 Å². The van der Waals surface area contributed by atoms with Crippen molar-refractivity contribution in [3.63, 3.8) is 0 Å². The average Bonchev–Trinajstić information content (AvgIpc) is 2.48. The number of hydrogen-bond donors (Lipinski definition) is 0. The van der Waals surface area contributed by atoms with Gasteiger partial charge in [-0.2, -0.15) is 0 Å². The van der Waals surface area contributed by atoms with E-state index in [2.05, 4.69) is 20.9 Å². The molecule has 1 heterocycles. The number of benzene rings is 1. The minimum atomic E-state index is -0.0721. The largest absolute Gasteiger partial charge is 0.491 e. The highest BCUT2D eigenvalue weighted by molar-refractivity contribution is 9.10. The Morgan fingerprint density at radius 1 is 1.33 bits per heavy atom. The molecule has 0 N–H and O–H groups in total. The second kappa shape index (κ2) is 7.22. The Hall–Kier alpha value is -1.88. The molecular formula is C16H17BrN2O2. The van der Waals surface area contributed by atoms with Gasteiger partial charge in [0.15, 0.2) is 0 Å². The van der Waals surface area contributed by atoms with Gasteiger partial charge in [-0.1, -0.05) is 18.2 Å². The second-order valence-electron chi connectivity index (χ2n) is 4.73. The van der Waals surface area contributed by atoms with Crippen molar-refractivity contribution >= 4 is 21.8 Å². The lowest BCUT2D eigenvalue weighted by atomic mass is 10.2. The summed E-state index contributed by atoms with van der Waals surface area (Å²) < 4.78 is 6.49. The molecule has 4 nitrogen and oxygen atoms in total. The Balaban J connectivity index is 1.89. The lowest BCUT2D eigenvalue weighted by Crippen LogP contribution is -2.31. The summed E-state index contributed by atoms with van der Waals surface area (Å²) in [5.41, 5.74) is 1.64. The van der Waals surface area contributed by atoms with Crippen molar-refractivity contribution < 1.29 is 9.53 Å². The van der Waals surface area contributed by atoms with Crippen LogP contribution in [0.15, 0.2) is 47.2 Å². The molecule has 0 atom stereocenters. The molecule has 2 rings (SSSR count). The van der Waals surface area contributed by atoms with E-state index in [1.54, 1.807) is 30.4 Å². The van der Waals surface area contributed by atoms with Crippen molar-refractivity contribution in [2.75, 3.05) is 20.2 Å². The zero-order valence-electron chi connectivity index (χ0n) is 12.0. The van der Waals surface area contributed by atoms with E-state index in [4.69, 9.17) is 4.74 Å². The maximum absolute atomic E-state index is 12.2. The van der Waals surface area contributed by atoms with Crippen LogP contribution < -0.4 is 4.74 Å². The third-order valence-corrected chi connectivity index (χ3v) is 3.51. The number of amides is 1. The fraction of sp³-hybridized carbons (Fsp3) is 0.250. The van der Waals surface area contributed by atoms with Gasteiger partial charge in [-0.3, -0.25) is 9.78 Å². The third-order valence-electron chi connectivity index (χ3n) is 3.08. The minimum absolute atomic E-state index is 0.0721. The van der Waals surface area contributed by atoms with Crippen LogP contribution in [-0.4, -0.2) is 36.0 Å². The van der Waals surface area contributed by atoms with Gasteiger partial charge in [-0.25, -0.2) is 0 Å². The van der Waals surface area contributed by atoms with Crippen LogP contribution in [0.25, 0.3) is 0 Å². The van der Waals surface area contributed by atoms with Gasteiger partial charge in [-0.05, 0) is 40.5 Å². The van der Waals surface area contributed by atoms with E-state index in [1.165, 1.54) is 0 Å². The molecule has 21 heavy (non-hydrogen) atoms. The van der Waals surface area contributed by atoms with E-state index >= 15 is 0 Å². The summed E-state index contributed by atoms with van der Waals surface area (Å²) in [4.78, 5) is 17.8. The quantitative estimate of drug-likeness (QED) is 0.832. The van der Waals surface area contributed by atoms with Crippen LogP contribution in [0.2, 0.25) is 0 Å². The van der Waals surface area contributed by atoms with Gasteiger partial charge in [-0.15, -0.1) is 0 Å². The van der Waals surface area contributed by atoms with E-state index in [1.807, 2.05) is 31.2 Å². The molecule has 0 aliphatic rings. The van der Waals surface area contributed by atoms with Gasteiger partial charge in [0, 0.05) is 23.9 Å². The average molecular weight is 349 g/mol.